The second kappa shape index (κ2) is 5.51. The molecule has 1 aliphatic heterocycles. The zero-order chi connectivity index (χ0) is 10.6. The molecule has 82 valence electrons. The van der Waals surface area contributed by atoms with E-state index in [1.54, 1.807) is 0 Å². The van der Waals surface area contributed by atoms with E-state index < -0.39 is 0 Å². The van der Waals surface area contributed by atoms with Crippen molar-refractivity contribution in [2.75, 3.05) is 19.7 Å². The minimum Gasteiger partial charge on any atom is -0.375 e. The fourth-order valence-corrected chi connectivity index (χ4v) is 1.88. The molecule has 0 amide bonds. The van der Waals surface area contributed by atoms with Gasteiger partial charge in [0.25, 0.3) is 0 Å². The smallest absolute Gasteiger partial charge is 0.169 e. The van der Waals surface area contributed by atoms with Crippen molar-refractivity contribution in [3.8, 4) is 0 Å². The second-order valence-corrected chi connectivity index (χ2v) is 4.26. The molecule has 4 heteroatoms. The van der Waals surface area contributed by atoms with Crippen molar-refractivity contribution in [3.05, 3.63) is 0 Å². The van der Waals surface area contributed by atoms with Gasteiger partial charge in [0.05, 0.1) is 18.8 Å². The summed E-state index contributed by atoms with van der Waals surface area (Å²) in [5, 5.41) is 4.12. The van der Waals surface area contributed by atoms with Gasteiger partial charge in [-0.25, -0.2) is 0 Å². The van der Waals surface area contributed by atoms with E-state index in [4.69, 9.17) is 17.0 Å². The van der Waals surface area contributed by atoms with Crippen LogP contribution in [-0.4, -0.2) is 41.9 Å². The Kier molecular flexibility index (Phi) is 4.62. The molecule has 0 bridgehead atoms. The molecular formula is C10H20N2OS. The Morgan fingerprint density at radius 1 is 1.57 bits per heavy atom. The molecule has 1 fully saturated rings. The van der Waals surface area contributed by atoms with Crippen LogP contribution in [0.3, 0.4) is 0 Å². The highest BCUT2D eigenvalue weighted by molar-refractivity contribution is 7.80. The van der Waals surface area contributed by atoms with Crippen LogP contribution in [0.5, 0.6) is 0 Å². The van der Waals surface area contributed by atoms with Gasteiger partial charge in [0.2, 0.25) is 0 Å². The van der Waals surface area contributed by atoms with Crippen LogP contribution < -0.4 is 5.32 Å². The van der Waals surface area contributed by atoms with Crippen LogP contribution in [-0.2, 0) is 4.74 Å². The molecular weight excluding hydrogens is 196 g/mol. The fourth-order valence-electron chi connectivity index (χ4n) is 1.52. The van der Waals surface area contributed by atoms with Crippen molar-refractivity contribution >= 4 is 17.3 Å². The van der Waals surface area contributed by atoms with Gasteiger partial charge < -0.3 is 15.0 Å². The highest BCUT2D eigenvalue weighted by Crippen LogP contribution is 2.11. The third kappa shape index (κ3) is 3.10. The Morgan fingerprint density at radius 3 is 2.93 bits per heavy atom. The summed E-state index contributed by atoms with van der Waals surface area (Å²) < 4.78 is 5.55. The van der Waals surface area contributed by atoms with Crippen LogP contribution in [0.2, 0.25) is 0 Å². The minimum absolute atomic E-state index is 0.285. The lowest BCUT2D eigenvalue weighted by atomic mass is 10.2. The van der Waals surface area contributed by atoms with Gasteiger partial charge in [-0.2, -0.15) is 0 Å². The molecule has 0 aliphatic carbocycles. The monoisotopic (exact) mass is 216 g/mol. The molecule has 2 atom stereocenters. The quantitative estimate of drug-likeness (QED) is 0.705. The van der Waals surface area contributed by atoms with Gasteiger partial charge in [-0.3, -0.25) is 0 Å². The topological polar surface area (TPSA) is 24.5 Å². The summed E-state index contributed by atoms with van der Waals surface area (Å²) in [6.45, 7) is 9.00. The highest BCUT2D eigenvalue weighted by atomic mass is 32.1. The Balaban J connectivity index is 2.43. The lowest BCUT2D eigenvalue weighted by Crippen LogP contribution is -2.53. The van der Waals surface area contributed by atoms with Crippen LogP contribution in [0, 0.1) is 0 Å². The summed E-state index contributed by atoms with van der Waals surface area (Å²) in [7, 11) is 0. The van der Waals surface area contributed by atoms with E-state index in [1.807, 2.05) is 0 Å². The van der Waals surface area contributed by atoms with Crippen molar-refractivity contribution in [2.45, 2.75) is 39.3 Å². The Morgan fingerprint density at radius 2 is 2.29 bits per heavy atom. The maximum Gasteiger partial charge on any atom is 0.169 e. The number of nitrogens with one attached hydrogen (secondary N) is 1. The van der Waals surface area contributed by atoms with Gasteiger partial charge >= 0.3 is 0 Å². The lowest BCUT2D eigenvalue weighted by Gasteiger charge is -2.38. The number of hydrogen-bond donors (Lipinski definition) is 1. The molecule has 1 saturated heterocycles. The third-order valence-corrected chi connectivity index (χ3v) is 2.77. The van der Waals surface area contributed by atoms with Crippen LogP contribution >= 0.6 is 12.2 Å². The number of nitrogens with zero attached hydrogens (tertiary/aromatic N) is 1. The van der Waals surface area contributed by atoms with E-state index in [0.717, 1.165) is 31.2 Å². The summed E-state index contributed by atoms with van der Waals surface area (Å²) in [5.41, 5.74) is 0. The number of thiocarbonyl (C=S) groups is 1. The van der Waals surface area contributed by atoms with Gasteiger partial charge in [-0.1, -0.05) is 6.92 Å². The Hall–Kier alpha value is -0.350. The standard InChI is InChI=1S/C10H20N2OS/c1-4-5-11-10(14)12-6-9(3)13-7-8(12)2/h8-9H,4-7H2,1-3H3,(H,11,14). The van der Waals surface area contributed by atoms with Crippen molar-refractivity contribution in [3.63, 3.8) is 0 Å². The number of hydrogen-bond acceptors (Lipinski definition) is 2. The van der Waals surface area contributed by atoms with E-state index in [2.05, 4.69) is 31.0 Å². The van der Waals surface area contributed by atoms with E-state index in [0.29, 0.717) is 6.04 Å². The van der Waals surface area contributed by atoms with E-state index in [9.17, 15) is 0 Å². The van der Waals surface area contributed by atoms with E-state index in [1.165, 1.54) is 0 Å². The summed E-state index contributed by atoms with van der Waals surface area (Å²) in [6, 6.07) is 0.392. The first kappa shape index (κ1) is 11.7. The summed E-state index contributed by atoms with van der Waals surface area (Å²) in [6.07, 6.45) is 1.39. The molecule has 0 saturated carbocycles. The van der Waals surface area contributed by atoms with Crippen LogP contribution in [0.15, 0.2) is 0 Å². The maximum atomic E-state index is 5.55. The number of morpholine rings is 1. The van der Waals surface area contributed by atoms with Gasteiger partial charge in [0, 0.05) is 13.1 Å². The third-order valence-electron chi connectivity index (χ3n) is 2.39. The summed E-state index contributed by atoms with van der Waals surface area (Å²) in [4.78, 5) is 2.22. The first-order chi connectivity index (χ1) is 6.65. The molecule has 0 radical (unpaired) electrons. The first-order valence-electron chi connectivity index (χ1n) is 5.31. The summed E-state index contributed by atoms with van der Waals surface area (Å²) >= 11 is 5.33. The lowest BCUT2D eigenvalue weighted by molar-refractivity contribution is -0.0225. The van der Waals surface area contributed by atoms with Gasteiger partial charge in [-0.15, -0.1) is 0 Å². The van der Waals surface area contributed by atoms with Gasteiger partial charge in [0.1, 0.15) is 0 Å². The molecule has 0 aromatic carbocycles. The minimum atomic E-state index is 0.285. The van der Waals surface area contributed by atoms with Crippen LogP contribution in [0.4, 0.5) is 0 Å². The first-order valence-corrected chi connectivity index (χ1v) is 5.72. The van der Waals surface area contributed by atoms with Crippen molar-refractivity contribution in [2.24, 2.45) is 0 Å². The second-order valence-electron chi connectivity index (χ2n) is 3.88. The number of ether oxygens (including phenoxy) is 1. The predicted octanol–water partition coefficient (Wildman–Crippen LogP) is 1.38. The predicted molar refractivity (Wildman–Crippen MR) is 62.5 cm³/mol. The highest BCUT2D eigenvalue weighted by Gasteiger charge is 2.24. The molecule has 3 nitrogen and oxygen atoms in total. The number of rotatable bonds is 2. The average Bonchev–Trinajstić information content (AvgIpc) is 2.18. The normalized spacial score (nSPS) is 27.5. The van der Waals surface area contributed by atoms with Gasteiger partial charge in [0.15, 0.2) is 5.11 Å². The van der Waals surface area contributed by atoms with Crippen LogP contribution in [0.1, 0.15) is 27.2 Å². The molecule has 0 aromatic rings. The Labute approximate surface area is 91.8 Å². The maximum absolute atomic E-state index is 5.55. The fraction of sp³-hybridized carbons (Fsp3) is 0.900. The molecule has 2 unspecified atom stereocenters. The van der Waals surface area contributed by atoms with Crippen LogP contribution in [0.25, 0.3) is 0 Å². The Bertz CT molecular complexity index is 199. The molecule has 1 heterocycles. The molecule has 14 heavy (non-hydrogen) atoms. The molecule has 1 aliphatic rings. The molecule has 0 spiro atoms. The molecule has 1 rings (SSSR count). The van der Waals surface area contributed by atoms with Gasteiger partial charge in [-0.05, 0) is 32.5 Å². The van der Waals surface area contributed by atoms with E-state index in [-0.39, 0.29) is 6.10 Å². The van der Waals surface area contributed by atoms with Crippen molar-refractivity contribution in [1.29, 1.82) is 0 Å². The SMILES string of the molecule is CCCNC(=S)N1CC(C)OCC1C. The van der Waals surface area contributed by atoms with Crippen molar-refractivity contribution < 1.29 is 4.74 Å². The molecule has 1 N–H and O–H groups in total. The molecule has 0 aromatic heterocycles. The summed E-state index contributed by atoms with van der Waals surface area (Å²) in [5.74, 6) is 0. The zero-order valence-electron chi connectivity index (χ0n) is 9.25. The largest absolute Gasteiger partial charge is 0.375 e. The average molecular weight is 216 g/mol. The van der Waals surface area contributed by atoms with E-state index >= 15 is 0 Å². The zero-order valence-corrected chi connectivity index (χ0v) is 10.1. The van der Waals surface area contributed by atoms with Crippen molar-refractivity contribution in [1.82, 2.24) is 10.2 Å².